The van der Waals surface area contributed by atoms with E-state index in [1.807, 2.05) is 11.0 Å². The molecule has 25 heavy (non-hydrogen) atoms. The zero-order valence-corrected chi connectivity index (χ0v) is 14.4. The molecule has 0 aromatic carbocycles. The van der Waals surface area contributed by atoms with Gasteiger partial charge < -0.3 is 9.64 Å². The zero-order valence-electron chi connectivity index (χ0n) is 12.8. The molecule has 3 rings (SSSR count). The summed E-state index contributed by atoms with van der Waals surface area (Å²) in [5.41, 5.74) is 0.201. The molecule has 1 atom stereocenters. The molecule has 1 fully saturated rings. The van der Waals surface area contributed by atoms with Crippen molar-refractivity contribution in [1.82, 2.24) is 9.97 Å². The largest absolute Gasteiger partial charge is 0.472 e. The summed E-state index contributed by atoms with van der Waals surface area (Å²) in [6, 6.07) is 6.02. The van der Waals surface area contributed by atoms with Crippen LogP contribution in [0.1, 0.15) is 17.7 Å². The number of hydrogen-bond donors (Lipinski definition) is 0. The number of nitriles is 1. The Morgan fingerprint density at radius 3 is 2.72 bits per heavy atom. The highest BCUT2D eigenvalue weighted by Crippen LogP contribution is 2.30. The molecule has 5 nitrogen and oxygen atoms in total. The lowest BCUT2D eigenvalue weighted by atomic mass is 10.3. The Hall–Kier alpha value is -2.34. The summed E-state index contributed by atoms with van der Waals surface area (Å²) < 4.78 is 44.1. The van der Waals surface area contributed by atoms with Gasteiger partial charge in [0.25, 0.3) is 0 Å². The second-order valence-corrected chi connectivity index (χ2v) is 6.41. The summed E-state index contributed by atoms with van der Waals surface area (Å²) >= 11 is 3.33. The van der Waals surface area contributed by atoms with Crippen LogP contribution in [0.2, 0.25) is 0 Å². The molecular formula is C16H12BrF3N4O. The molecule has 0 spiro atoms. The molecule has 0 bridgehead atoms. The van der Waals surface area contributed by atoms with E-state index in [1.165, 1.54) is 6.07 Å². The number of alkyl halides is 3. The van der Waals surface area contributed by atoms with E-state index in [-0.39, 0.29) is 12.0 Å². The van der Waals surface area contributed by atoms with Crippen LogP contribution in [0.15, 0.2) is 35.1 Å². The number of ether oxygens (including phenoxy) is 1. The van der Waals surface area contributed by atoms with E-state index in [2.05, 4.69) is 32.0 Å². The van der Waals surface area contributed by atoms with Crippen LogP contribution in [0.4, 0.5) is 18.9 Å². The third-order valence-electron chi connectivity index (χ3n) is 3.78. The topological polar surface area (TPSA) is 62.0 Å². The SMILES string of the molecule is N#Cc1ncc(Br)cc1N1CCC(Oc2ccc(C(F)(F)F)cn2)C1. The van der Waals surface area contributed by atoms with Crippen LogP contribution < -0.4 is 9.64 Å². The average molecular weight is 413 g/mol. The van der Waals surface area contributed by atoms with Gasteiger partial charge in [-0.25, -0.2) is 9.97 Å². The number of halogens is 4. The minimum atomic E-state index is -4.42. The smallest absolute Gasteiger partial charge is 0.417 e. The molecule has 0 N–H and O–H groups in total. The van der Waals surface area contributed by atoms with Gasteiger partial charge in [-0.3, -0.25) is 0 Å². The molecule has 1 aliphatic rings. The van der Waals surface area contributed by atoms with Gasteiger partial charge in [0.05, 0.1) is 17.8 Å². The second kappa shape index (κ2) is 6.88. The van der Waals surface area contributed by atoms with Gasteiger partial charge in [0.15, 0.2) is 5.69 Å². The van der Waals surface area contributed by atoms with E-state index in [4.69, 9.17) is 4.74 Å². The third-order valence-corrected chi connectivity index (χ3v) is 4.21. The van der Waals surface area contributed by atoms with Gasteiger partial charge in [0.2, 0.25) is 5.88 Å². The van der Waals surface area contributed by atoms with Crippen molar-refractivity contribution in [3.05, 3.63) is 46.3 Å². The van der Waals surface area contributed by atoms with E-state index in [1.54, 1.807) is 6.20 Å². The minimum absolute atomic E-state index is 0.146. The molecule has 130 valence electrons. The maximum atomic E-state index is 12.5. The van der Waals surface area contributed by atoms with E-state index in [0.29, 0.717) is 30.9 Å². The zero-order chi connectivity index (χ0) is 18.0. The Morgan fingerprint density at radius 2 is 2.08 bits per heavy atom. The monoisotopic (exact) mass is 412 g/mol. The van der Waals surface area contributed by atoms with Gasteiger partial charge in [0, 0.05) is 35.9 Å². The molecular weight excluding hydrogens is 401 g/mol. The van der Waals surface area contributed by atoms with E-state index >= 15 is 0 Å². The predicted octanol–water partition coefficient (Wildman–Crippen LogP) is 3.79. The molecule has 1 saturated heterocycles. The minimum Gasteiger partial charge on any atom is -0.472 e. The molecule has 2 aromatic rings. The fraction of sp³-hybridized carbons (Fsp3) is 0.312. The summed E-state index contributed by atoms with van der Waals surface area (Å²) in [4.78, 5) is 9.76. The predicted molar refractivity (Wildman–Crippen MR) is 87.1 cm³/mol. The van der Waals surface area contributed by atoms with Crippen molar-refractivity contribution < 1.29 is 17.9 Å². The Morgan fingerprint density at radius 1 is 1.28 bits per heavy atom. The number of pyridine rings is 2. The quantitative estimate of drug-likeness (QED) is 0.767. The van der Waals surface area contributed by atoms with Gasteiger partial charge in [-0.2, -0.15) is 18.4 Å². The van der Waals surface area contributed by atoms with Crippen molar-refractivity contribution in [2.24, 2.45) is 0 Å². The molecule has 0 aliphatic carbocycles. The van der Waals surface area contributed by atoms with Crippen LogP contribution >= 0.6 is 15.9 Å². The first-order valence-electron chi connectivity index (χ1n) is 7.37. The van der Waals surface area contributed by atoms with Crippen LogP contribution in [0.25, 0.3) is 0 Å². The Kier molecular flexibility index (Phi) is 4.81. The molecule has 0 amide bonds. The molecule has 1 unspecified atom stereocenters. The lowest BCUT2D eigenvalue weighted by Crippen LogP contribution is -2.25. The number of aromatic nitrogens is 2. The van der Waals surface area contributed by atoms with Crippen LogP contribution in [-0.4, -0.2) is 29.2 Å². The highest BCUT2D eigenvalue weighted by Gasteiger charge is 2.31. The number of anilines is 1. The third kappa shape index (κ3) is 4.02. The summed E-state index contributed by atoms with van der Waals surface area (Å²) in [6.45, 7) is 1.15. The summed E-state index contributed by atoms with van der Waals surface area (Å²) in [5, 5.41) is 9.17. The average Bonchev–Trinajstić information content (AvgIpc) is 3.03. The summed E-state index contributed by atoms with van der Waals surface area (Å²) in [6.07, 6.45) is -1.67. The van der Waals surface area contributed by atoms with Gasteiger partial charge in [0.1, 0.15) is 12.2 Å². The number of nitrogens with zero attached hydrogens (tertiary/aromatic N) is 4. The van der Waals surface area contributed by atoms with Crippen molar-refractivity contribution in [2.75, 3.05) is 18.0 Å². The Labute approximate surface area is 150 Å². The highest BCUT2D eigenvalue weighted by atomic mass is 79.9. The summed E-state index contributed by atoms with van der Waals surface area (Å²) in [5.74, 6) is 0.146. The molecule has 9 heteroatoms. The molecule has 0 radical (unpaired) electrons. The molecule has 0 saturated carbocycles. The van der Waals surface area contributed by atoms with Gasteiger partial charge >= 0.3 is 6.18 Å². The lowest BCUT2D eigenvalue weighted by molar-refractivity contribution is -0.137. The fourth-order valence-corrected chi connectivity index (χ4v) is 2.91. The Balaban J connectivity index is 1.68. The standard InChI is InChI=1S/C16H12BrF3N4O/c17-11-5-14(13(6-21)22-8-11)24-4-3-12(9-24)25-15-2-1-10(7-23-15)16(18,19)20/h1-2,5,7-8,12H,3-4,9H2. The van der Waals surface area contributed by atoms with Crippen molar-refractivity contribution in [3.63, 3.8) is 0 Å². The normalized spacial score (nSPS) is 17.4. The number of hydrogen-bond acceptors (Lipinski definition) is 5. The molecule has 3 heterocycles. The van der Waals surface area contributed by atoms with Crippen LogP contribution in [0, 0.1) is 11.3 Å². The van der Waals surface area contributed by atoms with E-state index in [0.717, 1.165) is 16.7 Å². The lowest BCUT2D eigenvalue weighted by Gasteiger charge is -2.19. The highest BCUT2D eigenvalue weighted by molar-refractivity contribution is 9.10. The van der Waals surface area contributed by atoms with Crippen LogP contribution in [0.5, 0.6) is 5.88 Å². The molecule has 1 aliphatic heterocycles. The maximum Gasteiger partial charge on any atom is 0.417 e. The van der Waals surface area contributed by atoms with Crippen molar-refractivity contribution in [1.29, 1.82) is 5.26 Å². The fourth-order valence-electron chi connectivity index (χ4n) is 2.59. The van der Waals surface area contributed by atoms with E-state index < -0.39 is 11.7 Å². The second-order valence-electron chi connectivity index (χ2n) is 5.49. The van der Waals surface area contributed by atoms with Gasteiger partial charge in [-0.15, -0.1) is 0 Å². The maximum absolute atomic E-state index is 12.5. The Bertz CT molecular complexity index is 805. The first kappa shape index (κ1) is 17.5. The number of rotatable bonds is 3. The first-order valence-corrected chi connectivity index (χ1v) is 8.16. The van der Waals surface area contributed by atoms with Crippen LogP contribution in [0.3, 0.4) is 0 Å². The van der Waals surface area contributed by atoms with Crippen molar-refractivity contribution in [2.45, 2.75) is 18.7 Å². The summed E-state index contributed by atoms with van der Waals surface area (Å²) in [7, 11) is 0. The van der Waals surface area contributed by atoms with Crippen molar-refractivity contribution in [3.8, 4) is 11.9 Å². The van der Waals surface area contributed by atoms with Gasteiger partial charge in [-0.1, -0.05) is 0 Å². The van der Waals surface area contributed by atoms with Crippen LogP contribution in [-0.2, 0) is 6.18 Å². The van der Waals surface area contributed by atoms with E-state index in [9.17, 15) is 18.4 Å². The van der Waals surface area contributed by atoms with Crippen molar-refractivity contribution >= 4 is 21.6 Å². The first-order chi connectivity index (χ1) is 11.9. The molecule has 2 aromatic heterocycles. The van der Waals surface area contributed by atoms with Gasteiger partial charge in [-0.05, 0) is 28.1 Å².